The van der Waals surface area contributed by atoms with Crippen LogP contribution in [0, 0.1) is 0 Å². The average Bonchev–Trinajstić information content (AvgIpc) is 2.75. The molecular formula is C24H20NO6+. The number of nitrogens with zero attached hydrogens (tertiary/aromatic N) is 1. The molecule has 2 aliphatic rings. The molecule has 156 valence electrons. The summed E-state index contributed by atoms with van der Waals surface area (Å²) in [5, 5.41) is 20.3. The summed E-state index contributed by atoms with van der Waals surface area (Å²) in [6, 6.07) is 17.0. The molecule has 31 heavy (non-hydrogen) atoms. The van der Waals surface area contributed by atoms with Crippen molar-refractivity contribution in [1.82, 2.24) is 0 Å². The number of hydrogen-bond donors (Lipinski definition) is 2. The second-order valence-electron chi connectivity index (χ2n) is 7.24. The molecule has 0 spiro atoms. The van der Waals surface area contributed by atoms with E-state index in [1.54, 1.807) is 42.9 Å². The van der Waals surface area contributed by atoms with Gasteiger partial charge in [-0.05, 0) is 30.3 Å². The largest absolute Gasteiger partial charge is 0.482 e. The van der Waals surface area contributed by atoms with Crippen LogP contribution in [0.1, 0.15) is 5.56 Å². The number of fused-ring (bicyclic) bond motifs is 2. The Morgan fingerprint density at radius 1 is 1.00 bits per heavy atom. The number of carboxylic acids is 1. The van der Waals surface area contributed by atoms with Crippen molar-refractivity contribution in [3.05, 3.63) is 76.5 Å². The number of hydrogen-bond acceptors (Lipinski definition) is 4. The molecule has 0 fully saturated rings. The van der Waals surface area contributed by atoms with Crippen LogP contribution in [-0.2, 0) is 4.79 Å². The van der Waals surface area contributed by atoms with Crippen molar-refractivity contribution in [3.8, 4) is 28.2 Å². The fourth-order valence-corrected chi connectivity index (χ4v) is 3.51. The van der Waals surface area contributed by atoms with Gasteiger partial charge in [-0.3, -0.25) is 4.79 Å². The first-order valence-electron chi connectivity index (χ1n) is 9.53. The van der Waals surface area contributed by atoms with E-state index in [4.69, 9.17) is 14.3 Å². The third-order valence-corrected chi connectivity index (χ3v) is 4.89. The van der Waals surface area contributed by atoms with Crippen LogP contribution in [-0.4, -0.2) is 47.4 Å². The fourth-order valence-electron chi connectivity index (χ4n) is 3.51. The van der Waals surface area contributed by atoms with Crippen LogP contribution in [0.4, 0.5) is 0 Å². The van der Waals surface area contributed by atoms with Gasteiger partial charge >= 0.3 is 11.9 Å². The minimum absolute atomic E-state index is 0.0968. The normalized spacial score (nSPS) is 10.9. The molecule has 0 atom stereocenters. The van der Waals surface area contributed by atoms with Crippen molar-refractivity contribution in [3.63, 3.8) is 0 Å². The quantitative estimate of drug-likeness (QED) is 0.222. The van der Waals surface area contributed by atoms with Crippen LogP contribution in [0.5, 0.6) is 5.75 Å². The van der Waals surface area contributed by atoms with Crippen molar-refractivity contribution in [2.24, 2.45) is 0 Å². The van der Waals surface area contributed by atoms with Crippen molar-refractivity contribution in [2.75, 3.05) is 20.7 Å². The molecule has 1 heterocycles. The average molecular weight is 418 g/mol. The van der Waals surface area contributed by atoms with Gasteiger partial charge in [0.15, 0.2) is 12.0 Å². The van der Waals surface area contributed by atoms with Gasteiger partial charge in [-0.2, -0.15) is 0 Å². The molecule has 0 saturated carbocycles. The number of carboxylic acid groups (broad SMARTS) is 1. The maximum absolute atomic E-state index is 12.0. The summed E-state index contributed by atoms with van der Waals surface area (Å²) in [4.78, 5) is 22.8. The minimum Gasteiger partial charge on any atom is -0.482 e. The molecule has 0 aromatic heterocycles. The van der Waals surface area contributed by atoms with E-state index in [1.165, 1.54) is 12.1 Å². The summed E-state index contributed by atoms with van der Waals surface area (Å²) in [5.74, 6) is -0.279. The van der Waals surface area contributed by atoms with Crippen LogP contribution in [0.15, 0.2) is 69.9 Å². The second-order valence-corrected chi connectivity index (χ2v) is 7.24. The van der Waals surface area contributed by atoms with Crippen molar-refractivity contribution in [1.29, 1.82) is 0 Å². The zero-order valence-electron chi connectivity index (χ0n) is 17.0. The third-order valence-electron chi connectivity index (χ3n) is 4.89. The molecule has 1 aliphatic heterocycles. The molecule has 2 N–H and O–H groups in total. The highest BCUT2D eigenvalue weighted by atomic mass is 16.5. The summed E-state index contributed by atoms with van der Waals surface area (Å²) in [6.07, 6.45) is 0. The first-order chi connectivity index (χ1) is 14.8. The molecule has 0 saturated heterocycles. The van der Waals surface area contributed by atoms with Gasteiger partial charge < -0.3 is 19.4 Å². The van der Waals surface area contributed by atoms with Crippen LogP contribution in [0.3, 0.4) is 0 Å². The van der Waals surface area contributed by atoms with Crippen LogP contribution in [0.2, 0.25) is 0 Å². The molecule has 7 heteroatoms. The lowest BCUT2D eigenvalue weighted by atomic mass is 9.90. The smallest absolute Gasteiger partial charge is 0.367 e. The number of aliphatic carboxylic acids is 1. The molecule has 0 radical (unpaired) electrons. The van der Waals surface area contributed by atoms with E-state index in [0.717, 1.165) is 16.5 Å². The minimum atomic E-state index is -1.09. The standard InChI is InChI=1S/C24H19NO6/c1-25(2)24(29)17-6-4-3-5-16(17)23-18-9-7-14(26)11-20(18)31-21-12-15(8-10-19(21)23)30-13-22(27)28/h3-12H,13H2,1-2H3,(H,27,28)/p+1. The molecule has 0 amide bonds. The number of ether oxygens (including phenoxy) is 1. The molecule has 0 unspecified atom stereocenters. The van der Waals surface area contributed by atoms with Crippen LogP contribution in [0.25, 0.3) is 33.4 Å². The van der Waals surface area contributed by atoms with E-state index >= 15 is 0 Å². The summed E-state index contributed by atoms with van der Waals surface area (Å²) in [5.41, 5.74) is 3.11. The lowest BCUT2D eigenvalue weighted by molar-refractivity contribution is -0.472. The molecule has 2 aromatic carbocycles. The van der Waals surface area contributed by atoms with Gasteiger partial charge in [0, 0.05) is 34.2 Å². The Labute approximate surface area is 177 Å². The molecule has 2 aromatic rings. The van der Waals surface area contributed by atoms with E-state index in [1.807, 2.05) is 24.3 Å². The Bertz CT molecular complexity index is 1360. The van der Waals surface area contributed by atoms with Gasteiger partial charge in [0.25, 0.3) is 0 Å². The second kappa shape index (κ2) is 7.95. The highest BCUT2D eigenvalue weighted by Gasteiger charge is 2.23. The molecule has 1 aliphatic carbocycles. The van der Waals surface area contributed by atoms with Gasteiger partial charge in [0.05, 0.1) is 5.56 Å². The zero-order chi connectivity index (χ0) is 22.1. The first-order valence-corrected chi connectivity index (χ1v) is 9.53. The maximum Gasteiger partial charge on any atom is 0.367 e. The fraction of sp³-hybridized carbons (Fsp3) is 0.125. The SMILES string of the molecule is C[N+](C)=C(O)c1ccccc1-c1c2ccc(=O)cc-2oc2cc(OCC(=O)O)ccc12. The Balaban J connectivity index is 2.06. The Hall–Kier alpha value is -4.13. The predicted octanol–water partition coefficient (Wildman–Crippen LogP) is 3.60. The van der Waals surface area contributed by atoms with Crippen molar-refractivity contribution in [2.45, 2.75) is 0 Å². The Kier molecular flexibility index (Phi) is 5.17. The molecule has 0 bridgehead atoms. The van der Waals surface area contributed by atoms with Gasteiger partial charge in [-0.25, -0.2) is 9.37 Å². The van der Waals surface area contributed by atoms with Gasteiger partial charge in [-0.15, -0.1) is 0 Å². The summed E-state index contributed by atoms with van der Waals surface area (Å²) in [7, 11) is 3.50. The van der Waals surface area contributed by atoms with Crippen molar-refractivity contribution < 1.29 is 28.7 Å². The first kappa shape index (κ1) is 20.2. The van der Waals surface area contributed by atoms with E-state index in [2.05, 4.69) is 0 Å². The monoisotopic (exact) mass is 418 g/mol. The number of aliphatic hydroxyl groups is 1. The van der Waals surface area contributed by atoms with E-state index < -0.39 is 12.6 Å². The Morgan fingerprint density at radius 2 is 1.77 bits per heavy atom. The van der Waals surface area contributed by atoms with Gasteiger partial charge in [-0.1, -0.05) is 18.2 Å². The Morgan fingerprint density at radius 3 is 2.52 bits per heavy atom. The number of carbonyl (C=O) groups is 1. The summed E-state index contributed by atoms with van der Waals surface area (Å²) >= 11 is 0. The zero-order valence-corrected chi connectivity index (χ0v) is 17.0. The highest BCUT2D eigenvalue weighted by Crippen LogP contribution is 2.41. The van der Waals surface area contributed by atoms with E-state index in [0.29, 0.717) is 28.2 Å². The van der Waals surface area contributed by atoms with E-state index in [9.17, 15) is 14.7 Å². The van der Waals surface area contributed by atoms with Crippen LogP contribution >= 0.6 is 0 Å². The third kappa shape index (κ3) is 3.85. The van der Waals surface area contributed by atoms with Crippen molar-refractivity contribution >= 4 is 22.8 Å². The number of aliphatic hydroxyl groups excluding tert-OH is 1. The summed E-state index contributed by atoms with van der Waals surface area (Å²) in [6.45, 7) is -0.481. The van der Waals surface area contributed by atoms with Gasteiger partial charge in [0.2, 0.25) is 0 Å². The van der Waals surface area contributed by atoms with E-state index in [-0.39, 0.29) is 11.3 Å². The van der Waals surface area contributed by atoms with Gasteiger partial charge in [0.1, 0.15) is 31.2 Å². The lowest BCUT2D eigenvalue weighted by Crippen LogP contribution is -2.15. The van der Waals surface area contributed by atoms with Crippen LogP contribution < -0.4 is 10.2 Å². The number of benzene rings is 3. The highest BCUT2D eigenvalue weighted by molar-refractivity contribution is 6.07. The molecule has 7 nitrogen and oxygen atoms in total. The number of rotatable bonds is 5. The molecule has 4 rings (SSSR count). The topological polar surface area (TPSA) is 100.0 Å². The predicted molar refractivity (Wildman–Crippen MR) is 117 cm³/mol. The summed E-state index contributed by atoms with van der Waals surface area (Å²) < 4.78 is 12.9. The maximum atomic E-state index is 12.0. The molecular weight excluding hydrogens is 398 g/mol. The lowest BCUT2D eigenvalue weighted by Gasteiger charge is -2.17.